The first-order chi connectivity index (χ1) is 16.1. The van der Waals surface area contributed by atoms with Crippen molar-refractivity contribution in [2.45, 2.75) is 0 Å². The number of ether oxygens (including phenoxy) is 2. The Bertz CT molecular complexity index is 1230. The highest BCUT2D eigenvalue weighted by molar-refractivity contribution is 8.15. The summed E-state index contributed by atoms with van der Waals surface area (Å²) in [7, 11) is 1.35. The summed E-state index contributed by atoms with van der Waals surface area (Å²) in [5.74, 6) is 0.480. The number of hydrogen-bond acceptors (Lipinski definition) is 3. The van der Waals surface area contributed by atoms with Crippen LogP contribution in [-0.2, 0) is 4.74 Å². The van der Waals surface area contributed by atoms with Crippen LogP contribution < -0.4 is 20.7 Å². The number of carbonyl (C=O) groups is 1. The van der Waals surface area contributed by atoms with Crippen LogP contribution >= 0.6 is 17.9 Å². The minimum atomic E-state index is -2.57. The minimum Gasteiger partial charge on any atom is -0.465 e. The number of rotatable bonds is 7. The van der Waals surface area contributed by atoms with Crippen molar-refractivity contribution in [2.75, 3.05) is 7.11 Å². The lowest BCUT2D eigenvalue weighted by atomic mass is 10.1. The van der Waals surface area contributed by atoms with E-state index < -0.39 is 12.6 Å². The molecular weight excluding hydrogens is 451 g/mol. The Kier molecular flexibility index (Phi) is 6.93. The van der Waals surface area contributed by atoms with Gasteiger partial charge in [-0.25, -0.2) is 4.79 Å². The third kappa shape index (κ3) is 4.43. The summed E-state index contributed by atoms with van der Waals surface area (Å²) in [5.41, 5.74) is 1.01. The van der Waals surface area contributed by atoms with Gasteiger partial charge >= 0.3 is 5.97 Å². The van der Waals surface area contributed by atoms with Crippen molar-refractivity contribution in [2.24, 2.45) is 0 Å². The Balaban J connectivity index is 1.93. The summed E-state index contributed by atoms with van der Waals surface area (Å²) in [6.45, 7) is 1.31. The van der Waals surface area contributed by atoms with Crippen LogP contribution in [0.4, 0.5) is 0 Å². The summed E-state index contributed by atoms with van der Waals surface area (Å²) >= 11 is 7.61. The fourth-order valence-corrected chi connectivity index (χ4v) is 7.53. The number of halogens is 1. The molecule has 0 aromatic heterocycles. The number of hydrogen-bond donors (Lipinski definition) is 0. The van der Waals surface area contributed by atoms with Gasteiger partial charge in [0, 0.05) is 5.56 Å². The van der Waals surface area contributed by atoms with Crippen LogP contribution in [0.25, 0.3) is 6.08 Å². The van der Waals surface area contributed by atoms with Crippen molar-refractivity contribution >= 4 is 45.8 Å². The molecule has 0 saturated heterocycles. The molecule has 0 aliphatic heterocycles. The molecule has 164 valence electrons. The van der Waals surface area contributed by atoms with Crippen LogP contribution in [-0.4, -0.2) is 13.1 Å². The molecule has 4 aromatic rings. The van der Waals surface area contributed by atoms with Crippen LogP contribution in [0.15, 0.2) is 110 Å². The van der Waals surface area contributed by atoms with Crippen molar-refractivity contribution < 1.29 is 14.3 Å². The van der Waals surface area contributed by atoms with E-state index in [1.807, 2.05) is 91.0 Å². The van der Waals surface area contributed by atoms with Crippen molar-refractivity contribution in [1.29, 1.82) is 0 Å². The van der Waals surface area contributed by atoms with Gasteiger partial charge < -0.3 is 9.47 Å². The van der Waals surface area contributed by atoms with Gasteiger partial charge in [-0.15, -0.1) is 0 Å². The van der Waals surface area contributed by atoms with Crippen LogP contribution in [0.3, 0.4) is 0 Å². The summed E-state index contributed by atoms with van der Waals surface area (Å²) in [5, 5.41) is 2.89. The molecule has 0 fully saturated rings. The average Bonchev–Trinajstić information content (AvgIpc) is 2.89. The van der Waals surface area contributed by atoms with Gasteiger partial charge in [0.25, 0.3) is 0 Å². The number of methoxy groups -OCH3 is 1. The molecule has 0 aliphatic rings. The van der Waals surface area contributed by atoms with Gasteiger partial charge in [-0.2, -0.15) is 0 Å². The van der Waals surface area contributed by atoms with Crippen LogP contribution in [0.1, 0.15) is 15.9 Å². The van der Waals surface area contributed by atoms with Gasteiger partial charge in [0.2, 0.25) is 6.62 Å². The van der Waals surface area contributed by atoms with Gasteiger partial charge in [-0.05, 0) is 42.5 Å². The Labute approximate surface area is 199 Å². The lowest BCUT2D eigenvalue weighted by molar-refractivity contribution is 0.0598. The molecule has 0 saturated carbocycles. The number of benzene rings is 4. The zero-order chi connectivity index (χ0) is 23.3. The molecular formula is C28H23ClO3P+. The highest BCUT2D eigenvalue weighted by Gasteiger charge is 2.47. The van der Waals surface area contributed by atoms with Gasteiger partial charge in [-0.3, -0.25) is 0 Å². The van der Waals surface area contributed by atoms with E-state index in [1.54, 1.807) is 18.2 Å². The molecule has 33 heavy (non-hydrogen) atoms. The zero-order valence-corrected chi connectivity index (χ0v) is 19.8. The van der Waals surface area contributed by atoms with Crippen LogP contribution in [0, 0.1) is 0 Å². The van der Waals surface area contributed by atoms with Crippen molar-refractivity contribution in [3.63, 3.8) is 0 Å². The Hall–Kier alpha value is -3.39. The first-order valence-electron chi connectivity index (χ1n) is 10.4. The molecule has 0 N–H and O–H groups in total. The monoisotopic (exact) mass is 473 g/mol. The van der Waals surface area contributed by atoms with Gasteiger partial charge in [-0.1, -0.05) is 73.3 Å². The van der Waals surface area contributed by atoms with E-state index in [4.69, 9.17) is 20.7 Å². The predicted octanol–water partition coefficient (Wildman–Crippen LogP) is 6.36. The highest BCUT2D eigenvalue weighted by Crippen LogP contribution is 2.62. The summed E-state index contributed by atoms with van der Waals surface area (Å²) in [6, 6.07) is 33.1. The predicted molar refractivity (Wildman–Crippen MR) is 139 cm³/mol. The van der Waals surface area contributed by atoms with E-state index in [1.165, 1.54) is 7.11 Å². The highest BCUT2D eigenvalue weighted by atomic mass is 35.7. The Morgan fingerprint density at radius 1 is 0.818 bits per heavy atom. The maximum absolute atomic E-state index is 12.5. The SMILES string of the molecule is C=Cc1cccc(C(=O)OC)c1Oc1ccccc1[P+](Cl)(c1ccccc1)c1ccccc1. The zero-order valence-electron chi connectivity index (χ0n) is 18.1. The number of para-hydroxylation sites is 2. The first kappa shape index (κ1) is 22.8. The van der Waals surface area contributed by atoms with E-state index in [2.05, 4.69) is 6.58 Å². The van der Waals surface area contributed by atoms with Crippen molar-refractivity contribution in [1.82, 2.24) is 0 Å². The van der Waals surface area contributed by atoms with Crippen molar-refractivity contribution in [3.05, 3.63) is 121 Å². The summed E-state index contributed by atoms with van der Waals surface area (Å²) < 4.78 is 11.4. The quantitative estimate of drug-likeness (QED) is 0.231. The van der Waals surface area contributed by atoms with Gasteiger partial charge in [0.05, 0.1) is 7.11 Å². The summed E-state index contributed by atoms with van der Waals surface area (Å²) in [6.07, 6.45) is 1.65. The van der Waals surface area contributed by atoms with E-state index >= 15 is 0 Å². The lowest BCUT2D eigenvalue weighted by Gasteiger charge is -2.22. The smallest absolute Gasteiger partial charge is 0.341 e. The fourth-order valence-electron chi connectivity index (χ4n) is 3.70. The second-order valence-corrected chi connectivity index (χ2v) is 11.5. The van der Waals surface area contributed by atoms with Crippen LogP contribution in [0.5, 0.6) is 11.5 Å². The van der Waals surface area contributed by atoms with Crippen LogP contribution in [0.2, 0.25) is 0 Å². The third-order valence-electron chi connectivity index (χ3n) is 5.30. The van der Waals surface area contributed by atoms with E-state index in [-0.39, 0.29) is 0 Å². The van der Waals surface area contributed by atoms with E-state index in [0.717, 1.165) is 15.9 Å². The number of esters is 1. The molecule has 0 unspecified atom stereocenters. The average molecular weight is 474 g/mol. The molecule has 4 rings (SSSR count). The standard InChI is InChI=1S/C28H23ClO3P/c1-3-21-13-12-18-24(28(30)31-2)27(21)32-25-19-10-11-20-26(25)33(29,22-14-6-4-7-15-22)23-16-8-5-9-17-23/h3-20H,1H2,2H3/q+1. The Morgan fingerprint density at radius 3 is 1.97 bits per heavy atom. The van der Waals surface area contributed by atoms with E-state index in [0.29, 0.717) is 22.6 Å². The van der Waals surface area contributed by atoms with E-state index in [9.17, 15) is 4.79 Å². The minimum absolute atomic E-state index is 0.322. The molecule has 4 aromatic carbocycles. The first-order valence-corrected chi connectivity index (χ1v) is 13.1. The number of carbonyl (C=O) groups excluding carboxylic acids is 1. The largest absolute Gasteiger partial charge is 0.465 e. The molecule has 0 bridgehead atoms. The second kappa shape index (κ2) is 10.0. The van der Waals surface area contributed by atoms with Gasteiger partial charge in [0.15, 0.2) is 11.1 Å². The van der Waals surface area contributed by atoms with Crippen molar-refractivity contribution in [3.8, 4) is 11.5 Å². The molecule has 3 nitrogen and oxygen atoms in total. The Morgan fingerprint density at radius 2 is 1.39 bits per heavy atom. The third-order valence-corrected chi connectivity index (χ3v) is 10.1. The maximum Gasteiger partial charge on any atom is 0.341 e. The summed E-state index contributed by atoms with van der Waals surface area (Å²) in [4.78, 5) is 12.5. The molecule has 0 radical (unpaired) electrons. The fraction of sp³-hybridized carbons (Fsp3) is 0.0357. The molecule has 0 spiro atoms. The molecule has 5 heteroatoms. The lowest BCUT2D eigenvalue weighted by Crippen LogP contribution is -2.28. The topological polar surface area (TPSA) is 35.5 Å². The molecule has 0 aliphatic carbocycles. The molecule has 0 heterocycles. The van der Waals surface area contributed by atoms with Gasteiger partial charge in [0.1, 0.15) is 33.2 Å². The molecule has 0 atom stereocenters. The normalized spacial score (nSPS) is 11.0. The maximum atomic E-state index is 12.5. The second-order valence-electron chi connectivity index (χ2n) is 7.25. The molecule has 0 amide bonds.